The normalized spacial score (nSPS) is 13.9. The number of amides is 3. The van der Waals surface area contributed by atoms with Gasteiger partial charge in [-0.1, -0.05) is 6.07 Å². The summed E-state index contributed by atoms with van der Waals surface area (Å²) in [5.41, 5.74) is 0.260. The minimum atomic E-state index is -0.667. The van der Waals surface area contributed by atoms with E-state index in [1.807, 2.05) is 0 Å². The van der Waals surface area contributed by atoms with Crippen molar-refractivity contribution < 1.29 is 28.3 Å². The lowest BCUT2D eigenvalue weighted by Gasteiger charge is -2.34. The van der Waals surface area contributed by atoms with E-state index in [-0.39, 0.29) is 30.3 Å². The van der Waals surface area contributed by atoms with Crippen LogP contribution in [0.4, 0.5) is 10.1 Å². The number of piperazine rings is 1. The minimum Gasteiger partial charge on any atom is -0.456 e. The molecular weight excluding hydrogens is 357 g/mol. The van der Waals surface area contributed by atoms with E-state index in [0.717, 1.165) is 6.07 Å². The van der Waals surface area contributed by atoms with Crippen molar-refractivity contribution in [3.63, 3.8) is 0 Å². The summed E-state index contributed by atoms with van der Waals surface area (Å²) in [5, 5.41) is 2.40. The Kier molecular flexibility index (Phi) is 7.27. The molecule has 1 aliphatic rings. The molecule has 0 radical (unpaired) electrons. The molecule has 0 bridgehead atoms. The molecular formula is C18H22FN3O5. The number of hydrogen-bond donors (Lipinski definition) is 1. The summed E-state index contributed by atoms with van der Waals surface area (Å²) >= 11 is 0. The molecule has 146 valence electrons. The van der Waals surface area contributed by atoms with Crippen LogP contribution < -0.4 is 5.32 Å². The van der Waals surface area contributed by atoms with E-state index < -0.39 is 24.3 Å². The predicted molar refractivity (Wildman–Crippen MR) is 94.1 cm³/mol. The number of esters is 1. The first kappa shape index (κ1) is 20.3. The predicted octanol–water partition coefficient (Wildman–Crippen LogP) is 0.778. The van der Waals surface area contributed by atoms with Gasteiger partial charge in [-0.3, -0.25) is 19.2 Å². The van der Waals surface area contributed by atoms with Gasteiger partial charge in [-0.25, -0.2) is 4.39 Å². The second kappa shape index (κ2) is 9.65. The number of nitrogens with one attached hydrogen (secondary N) is 1. The van der Waals surface area contributed by atoms with Gasteiger partial charge in [0.25, 0.3) is 5.91 Å². The topological polar surface area (TPSA) is 96.0 Å². The molecule has 1 N–H and O–H groups in total. The maximum absolute atomic E-state index is 13.0. The van der Waals surface area contributed by atoms with Crippen LogP contribution in [0.2, 0.25) is 0 Å². The van der Waals surface area contributed by atoms with E-state index in [4.69, 9.17) is 4.74 Å². The van der Waals surface area contributed by atoms with Crippen LogP contribution in [0.5, 0.6) is 0 Å². The zero-order chi connectivity index (χ0) is 19.8. The van der Waals surface area contributed by atoms with Crippen molar-refractivity contribution in [1.29, 1.82) is 0 Å². The Labute approximate surface area is 156 Å². The van der Waals surface area contributed by atoms with Crippen LogP contribution in [-0.4, -0.2) is 66.3 Å². The fourth-order valence-electron chi connectivity index (χ4n) is 2.62. The van der Waals surface area contributed by atoms with Crippen LogP contribution in [-0.2, 0) is 23.9 Å². The van der Waals surface area contributed by atoms with Gasteiger partial charge in [-0.2, -0.15) is 0 Å². The minimum absolute atomic E-state index is 0.0234. The first-order chi connectivity index (χ1) is 12.8. The molecule has 9 heteroatoms. The molecule has 1 fully saturated rings. The standard InChI is InChI=1S/C18H22FN3O5/c1-13(23)21-7-9-22(10-8-21)17(25)5-6-18(26)27-12-16(24)20-15-4-2-3-14(19)11-15/h2-4,11H,5-10,12H2,1H3,(H,20,24). The average molecular weight is 379 g/mol. The summed E-state index contributed by atoms with van der Waals surface area (Å²) in [6.45, 7) is 2.79. The summed E-state index contributed by atoms with van der Waals surface area (Å²) in [4.78, 5) is 50.0. The van der Waals surface area contributed by atoms with Crippen LogP contribution in [0.25, 0.3) is 0 Å². The maximum Gasteiger partial charge on any atom is 0.306 e. The van der Waals surface area contributed by atoms with Crippen LogP contribution >= 0.6 is 0 Å². The number of carbonyl (C=O) groups excluding carboxylic acids is 4. The maximum atomic E-state index is 13.0. The number of benzene rings is 1. The molecule has 0 aliphatic carbocycles. The summed E-state index contributed by atoms with van der Waals surface area (Å²) in [5.74, 6) is -1.98. The van der Waals surface area contributed by atoms with Gasteiger partial charge in [0.05, 0.1) is 6.42 Å². The summed E-state index contributed by atoms with van der Waals surface area (Å²) < 4.78 is 17.9. The number of anilines is 1. The van der Waals surface area contributed by atoms with E-state index in [2.05, 4.69) is 5.32 Å². The Bertz CT molecular complexity index is 717. The second-order valence-corrected chi connectivity index (χ2v) is 6.11. The fraction of sp³-hybridized carbons (Fsp3) is 0.444. The first-order valence-corrected chi connectivity index (χ1v) is 8.59. The third kappa shape index (κ3) is 6.69. The van der Waals surface area contributed by atoms with E-state index in [1.54, 1.807) is 9.80 Å². The lowest BCUT2D eigenvalue weighted by atomic mass is 10.2. The monoisotopic (exact) mass is 379 g/mol. The van der Waals surface area contributed by atoms with Crippen molar-refractivity contribution in [1.82, 2.24) is 9.80 Å². The number of nitrogens with zero attached hydrogens (tertiary/aromatic N) is 2. The number of ether oxygens (including phenoxy) is 1. The molecule has 3 amide bonds. The SMILES string of the molecule is CC(=O)N1CCN(C(=O)CCC(=O)OCC(=O)Nc2cccc(F)c2)CC1. The van der Waals surface area contributed by atoms with Crippen LogP contribution in [0.1, 0.15) is 19.8 Å². The molecule has 1 heterocycles. The third-order valence-electron chi connectivity index (χ3n) is 4.09. The highest BCUT2D eigenvalue weighted by atomic mass is 19.1. The van der Waals surface area contributed by atoms with Crippen LogP contribution in [0.15, 0.2) is 24.3 Å². The van der Waals surface area contributed by atoms with E-state index >= 15 is 0 Å². The Balaban J connectivity index is 1.65. The lowest BCUT2D eigenvalue weighted by molar-refractivity contribution is -0.149. The van der Waals surface area contributed by atoms with Gasteiger partial charge in [0, 0.05) is 45.2 Å². The van der Waals surface area contributed by atoms with Crippen molar-refractivity contribution in [3.05, 3.63) is 30.1 Å². The zero-order valence-electron chi connectivity index (χ0n) is 15.1. The quantitative estimate of drug-likeness (QED) is 0.737. The number of rotatable bonds is 6. The second-order valence-electron chi connectivity index (χ2n) is 6.11. The van der Waals surface area contributed by atoms with Crippen LogP contribution in [0.3, 0.4) is 0 Å². The van der Waals surface area contributed by atoms with Gasteiger partial charge < -0.3 is 19.9 Å². The van der Waals surface area contributed by atoms with E-state index in [1.165, 1.54) is 25.1 Å². The van der Waals surface area contributed by atoms with Crippen molar-refractivity contribution in [2.45, 2.75) is 19.8 Å². The highest BCUT2D eigenvalue weighted by molar-refractivity contribution is 5.93. The van der Waals surface area contributed by atoms with E-state index in [0.29, 0.717) is 26.2 Å². The molecule has 1 saturated heterocycles. The molecule has 0 atom stereocenters. The molecule has 1 aliphatic heterocycles. The van der Waals surface area contributed by atoms with Crippen molar-refractivity contribution in [3.8, 4) is 0 Å². The molecule has 1 aromatic carbocycles. The molecule has 27 heavy (non-hydrogen) atoms. The Morgan fingerprint density at radius 3 is 2.37 bits per heavy atom. The number of hydrogen-bond acceptors (Lipinski definition) is 5. The third-order valence-corrected chi connectivity index (χ3v) is 4.09. The highest BCUT2D eigenvalue weighted by Gasteiger charge is 2.22. The average Bonchev–Trinajstić information content (AvgIpc) is 2.64. The zero-order valence-corrected chi connectivity index (χ0v) is 15.1. The molecule has 0 aromatic heterocycles. The molecule has 8 nitrogen and oxygen atoms in total. The van der Waals surface area contributed by atoms with Gasteiger partial charge in [0.1, 0.15) is 5.82 Å². The smallest absolute Gasteiger partial charge is 0.306 e. The van der Waals surface area contributed by atoms with Gasteiger partial charge in [-0.15, -0.1) is 0 Å². The molecule has 0 spiro atoms. The summed E-state index contributed by atoms with van der Waals surface area (Å²) in [7, 11) is 0. The van der Waals surface area contributed by atoms with Crippen molar-refractivity contribution in [2.24, 2.45) is 0 Å². The Morgan fingerprint density at radius 1 is 1.07 bits per heavy atom. The fourth-order valence-corrected chi connectivity index (χ4v) is 2.62. The van der Waals surface area contributed by atoms with Crippen molar-refractivity contribution >= 4 is 29.4 Å². The van der Waals surface area contributed by atoms with E-state index in [9.17, 15) is 23.6 Å². The number of carbonyl (C=O) groups is 4. The van der Waals surface area contributed by atoms with Gasteiger partial charge >= 0.3 is 5.97 Å². The number of halogens is 1. The van der Waals surface area contributed by atoms with Gasteiger partial charge in [0.15, 0.2) is 6.61 Å². The molecule has 0 saturated carbocycles. The lowest BCUT2D eigenvalue weighted by Crippen LogP contribution is -2.50. The molecule has 2 rings (SSSR count). The first-order valence-electron chi connectivity index (χ1n) is 8.59. The Hall–Kier alpha value is -2.97. The van der Waals surface area contributed by atoms with Gasteiger partial charge in [0.2, 0.25) is 11.8 Å². The highest BCUT2D eigenvalue weighted by Crippen LogP contribution is 2.09. The van der Waals surface area contributed by atoms with Crippen molar-refractivity contribution in [2.75, 3.05) is 38.1 Å². The van der Waals surface area contributed by atoms with Crippen LogP contribution in [0, 0.1) is 5.82 Å². The van der Waals surface area contributed by atoms with Gasteiger partial charge in [-0.05, 0) is 18.2 Å². The molecule has 0 unspecified atom stereocenters. The Morgan fingerprint density at radius 2 is 1.74 bits per heavy atom. The summed E-state index contributed by atoms with van der Waals surface area (Å²) in [6.07, 6.45) is -0.163. The largest absolute Gasteiger partial charge is 0.456 e. The molecule has 1 aromatic rings. The summed E-state index contributed by atoms with van der Waals surface area (Å²) in [6, 6.07) is 5.34.